The first-order chi connectivity index (χ1) is 8.63. The van der Waals surface area contributed by atoms with Crippen molar-refractivity contribution < 1.29 is 14.3 Å². The Kier molecular flexibility index (Phi) is 3.50. The van der Waals surface area contributed by atoms with E-state index in [9.17, 15) is 9.59 Å². The summed E-state index contributed by atoms with van der Waals surface area (Å²) in [6.07, 6.45) is 0.727. The van der Waals surface area contributed by atoms with E-state index in [1.54, 1.807) is 12.1 Å². The first-order valence-electron chi connectivity index (χ1n) is 5.85. The molecule has 1 fully saturated rings. The highest BCUT2D eigenvalue weighted by molar-refractivity contribution is 5.96. The zero-order valence-corrected chi connectivity index (χ0v) is 10.3. The quantitative estimate of drug-likeness (QED) is 0.802. The van der Waals surface area contributed by atoms with Crippen LogP contribution >= 0.6 is 0 Å². The van der Waals surface area contributed by atoms with Crippen molar-refractivity contribution in [3.63, 3.8) is 0 Å². The smallest absolute Gasteiger partial charge is 0.339 e. The maximum atomic E-state index is 11.7. The molecule has 0 aliphatic carbocycles. The van der Waals surface area contributed by atoms with Crippen LogP contribution in [0.4, 0.5) is 5.69 Å². The SMILES string of the molecule is COC(=O)c1ccccc1N1CCC(C(N)=O)C1. The second-order valence-corrected chi connectivity index (χ2v) is 4.34. The molecule has 1 amide bonds. The van der Waals surface area contributed by atoms with Crippen LogP contribution in [0, 0.1) is 5.92 Å². The third kappa shape index (κ3) is 2.30. The molecular formula is C13H16N2O3. The van der Waals surface area contributed by atoms with Crippen LogP contribution in [0.5, 0.6) is 0 Å². The molecule has 1 aliphatic rings. The molecule has 1 aromatic rings. The summed E-state index contributed by atoms with van der Waals surface area (Å²) in [6, 6.07) is 7.23. The fourth-order valence-corrected chi connectivity index (χ4v) is 2.24. The number of primary amides is 1. The van der Waals surface area contributed by atoms with Gasteiger partial charge in [-0.2, -0.15) is 0 Å². The number of anilines is 1. The number of rotatable bonds is 3. The molecule has 5 heteroatoms. The summed E-state index contributed by atoms with van der Waals surface area (Å²) >= 11 is 0. The largest absolute Gasteiger partial charge is 0.465 e. The highest BCUT2D eigenvalue weighted by Gasteiger charge is 2.28. The number of amides is 1. The normalized spacial score (nSPS) is 18.7. The van der Waals surface area contributed by atoms with Gasteiger partial charge in [0.25, 0.3) is 0 Å². The highest BCUT2D eigenvalue weighted by atomic mass is 16.5. The van der Waals surface area contributed by atoms with E-state index in [2.05, 4.69) is 0 Å². The van der Waals surface area contributed by atoms with Crippen molar-refractivity contribution in [3.8, 4) is 0 Å². The first-order valence-corrected chi connectivity index (χ1v) is 5.85. The van der Waals surface area contributed by atoms with Crippen LogP contribution in [0.25, 0.3) is 0 Å². The minimum atomic E-state index is -0.367. The summed E-state index contributed by atoms with van der Waals surface area (Å²) in [7, 11) is 1.36. The standard InChI is InChI=1S/C13H16N2O3/c1-18-13(17)10-4-2-3-5-11(10)15-7-6-9(8-15)12(14)16/h2-5,9H,6-8H2,1H3,(H2,14,16). The summed E-state index contributed by atoms with van der Waals surface area (Å²) < 4.78 is 4.75. The molecule has 96 valence electrons. The second kappa shape index (κ2) is 5.08. The lowest BCUT2D eigenvalue weighted by Gasteiger charge is -2.20. The molecule has 1 atom stereocenters. The highest BCUT2D eigenvalue weighted by Crippen LogP contribution is 2.27. The molecule has 1 saturated heterocycles. The van der Waals surface area contributed by atoms with Gasteiger partial charge in [-0.25, -0.2) is 4.79 Å². The van der Waals surface area contributed by atoms with Crippen molar-refractivity contribution in [1.29, 1.82) is 0 Å². The third-order valence-electron chi connectivity index (χ3n) is 3.24. The number of carbonyl (C=O) groups excluding carboxylic acids is 2. The van der Waals surface area contributed by atoms with E-state index in [1.807, 2.05) is 17.0 Å². The zero-order valence-electron chi connectivity index (χ0n) is 10.3. The number of hydrogen-bond donors (Lipinski definition) is 1. The van der Waals surface area contributed by atoms with Crippen LogP contribution in [0.2, 0.25) is 0 Å². The molecule has 5 nitrogen and oxygen atoms in total. The van der Waals surface area contributed by atoms with E-state index in [4.69, 9.17) is 10.5 Å². The summed E-state index contributed by atoms with van der Waals surface area (Å²) in [4.78, 5) is 24.8. The molecule has 0 aromatic heterocycles. The van der Waals surface area contributed by atoms with Gasteiger partial charge >= 0.3 is 5.97 Å². The lowest BCUT2D eigenvalue weighted by Crippen LogP contribution is -2.28. The van der Waals surface area contributed by atoms with Crippen LogP contribution in [0.3, 0.4) is 0 Å². The molecule has 1 unspecified atom stereocenters. The predicted molar refractivity (Wildman–Crippen MR) is 67.3 cm³/mol. The van der Waals surface area contributed by atoms with E-state index in [0.29, 0.717) is 12.1 Å². The van der Waals surface area contributed by atoms with Crippen LogP contribution < -0.4 is 10.6 Å². The monoisotopic (exact) mass is 248 g/mol. The Balaban J connectivity index is 2.24. The van der Waals surface area contributed by atoms with E-state index < -0.39 is 0 Å². The van der Waals surface area contributed by atoms with Gasteiger partial charge in [0.2, 0.25) is 5.91 Å². The number of nitrogens with zero attached hydrogens (tertiary/aromatic N) is 1. The predicted octanol–water partition coefficient (Wildman–Crippen LogP) is 0.785. The van der Waals surface area contributed by atoms with Crippen molar-refractivity contribution >= 4 is 17.6 Å². The summed E-state index contributed by atoms with van der Waals surface area (Å²) in [5.41, 5.74) is 6.62. The minimum absolute atomic E-state index is 0.143. The topological polar surface area (TPSA) is 72.6 Å². The average Bonchev–Trinajstić information content (AvgIpc) is 2.87. The number of nitrogens with two attached hydrogens (primary N) is 1. The van der Waals surface area contributed by atoms with Gasteiger partial charge in [0, 0.05) is 13.1 Å². The van der Waals surface area contributed by atoms with Gasteiger partial charge in [0.1, 0.15) is 0 Å². The van der Waals surface area contributed by atoms with Crippen molar-refractivity contribution in [2.24, 2.45) is 11.7 Å². The maximum absolute atomic E-state index is 11.7. The van der Waals surface area contributed by atoms with Crippen LogP contribution in [-0.2, 0) is 9.53 Å². The molecule has 0 bridgehead atoms. The van der Waals surface area contributed by atoms with Gasteiger partial charge in [0.15, 0.2) is 0 Å². The molecule has 2 N–H and O–H groups in total. The Morgan fingerprint density at radius 1 is 1.39 bits per heavy atom. The Hall–Kier alpha value is -2.04. The summed E-state index contributed by atoms with van der Waals surface area (Å²) in [6.45, 7) is 1.28. The molecule has 0 saturated carbocycles. The van der Waals surface area contributed by atoms with Gasteiger partial charge in [-0.3, -0.25) is 4.79 Å². The van der Waals surface area contributed by atoms with Crippen LogP contribution in [-0.4, -0.2) is 32.1 Å². The number of hydrogen-bond acceptors (Lipinski definition) is 4. The number of carbonyl (C=O) groups is 2. The Morgan fingerprint density at radius 3 is 2.72 bits per heavy atom. The van der Waals surface area contributed by atoms with E-state index >= 15 is 0 Å². The third-order valence-corrected chi connectivity index (χ3v) is 3.24. The van der Waals surface area contributed by atoms with Crippen molar-refractivity contribution in [2.75, 3.05) is 25.1 Å². The Labute approximate surface area is 106 Å². The van der Waals surface area contributed by atoms with E-state index in [-0.39, 0.29) is 17.8 Å². The molecule has 2 rings (SSSR count). The summed E-state index contributed by atoms with van der Waals surface area (Å²) in [5, 5.41) is 0. The summed E-state index contributed by atoms with van der Waals surface area (Å²) in [5.74, 6) is -0.795. The lowest BCUT2D eigenvalue weighted by molar-refractivity contribution is -0.121. The van der Waals surface area contributed by atoms with Crippen molar-refractivity contribution in [2.45, 2.75) is 6.42 Å². The van der Waals surface area contributed by atoms with Gasteiger partial charge in [-0.15, -0.1) is 0 Å². The van der Waals surface area contributed by atoms with Crippen LogP contribution in [0.1, 0.15) is 16.8 Å². The van der Waals surface area contributed by atoms with Gasteiger partial charge in [0.05, 0.1) is 24.3 Å². The molecular weight excluding hydrogens is 232 g/mol. The number of esters is 1. The molecule has 18 heavy (non-hydrogen) atoms. The maximum Gasteiger partial charge on any atom is 0.339 e. The average molecular weight is 248 g/mol. The number of ether oxygens (including phenoxy) is 1. The first kappa shape index (κ1) is 12.4. The second-order valence-electron chi connectivity index (χ2n) is 4.34. The molecule has 0 spiro atoms. The van der Waals surface area contributed by atoms with E-state index in [1.165, 1.54) is 7.11 Å². The van der Waals surface area contributed by atoms with Gasteiger partial charge in [-0.05, 0) is 18.6 Å². The number of para-hydroxylation sites is 1. The Morgan fingerprint density at radius 2 is 2.11 bits per heavy atom. The molecule has 0 radical (unpaired) electrons. The number of methoxy groups -OCH3 is 1. The minimum Gasteiger partial charge on any atom is -0.465 e. The fourth-order valence-electron chi connectivity index (χ4n) is 2.24. The Bertz CT molecular complexity index is 473. The van der Waals surface area contributed by atoms with Crippen molar-refractivity contribution in [3.05, 3.63) is 29.8 Å². The van der Waals surface area contributed by atoms with Crippen LogP contribution in [0.15, 0.2) is 24.3 Å². The van der Waals surface area contributed by atoms with E-state index in [0.717, 1.165) is 18.7 Å². The van der Waals surface area contributed by atoms with Gasteiger partial charge in [-0.1, -0.05) is 12.1 Å². The molecule has 1 aromatic carbocycles. The molecule has 1 heterocycles. The van der Waals surface area contributed by atoms with Gasteiger partial charge < -0.3 is 15.4 Å². The zero-order chi connectivity index (χ0) is 13.1. The fraction of sp³-hybridized carbons (Fsp3) is 0.385. The molecule has 1 aliphatic heterocycles. The number of benzene rings is 1. The lowest BCUT2D eigenvalue weighted by atomic mass is 10.1. The van der Waals surface area contributed by atoms with Crippen molar-refractivity contribution in [1.82, 2.24) is 0 Å².